The Morgan fingerprint density at radius 2 is 1.91 bits per heavy atom. The second-order valence-electron chi connectivity index (χ2n) is 1.63. The molecule has 0 rings (SSSR count). The van der Waals surface area contributed by atoms with Crippen LogP contribution in [-0.2, 0) is 14.3 Å². The van der Waals surface area contributed by atoms with Gasteiger partial charge in [0.2, 0.25) is 5.76 Å². The summed E-state index contributed by atoms with van der Waals surface area (Å²) >= 11 is 3.00. The zero-order chi connectivity index (χ0) is 8.69. The molecule has 0 aliphatic carbocycles. The van der Waals surface area contributed by atoms with Gasteiger partial charge in [0.15, 0.2) is 0 Å². The van der Waals surface area contributed by atoms with Gasteiger partial charge in [-0.25, -0.2) is 4.79 Å². The number of carbonyl (C=O) groups excluding carboxylic acids is 1. The fourth-order valence-corrected chi connectivity index (χ4v) is 0.812. The molecular formula is C7H11BrO3. The van der Waals surface area contributed by atoms with E-state index >= 15 is 0 Å². The first-order valence-corrected chi connectivity index (χ1v) is 4.28. The van der Waals surface area contributed by atoms with Crippen LogP contribution in [0.5, 0.6) is 0 Å². The van der Waals surface area contributed by atoms with E-state index in [2.05, 4.69) is 20.7 Å². The molecule has 0 amide bonds. The van der Waals surface area contributed by atoms with Crippen LogP contribution >= 0.6 is 15.9 Å². The molecule has 0 aliphatic rings. The molecule has 0 saturated heterocycles. The summed E-state index contributed by atoms with van der Waals surface area (Å²) in [7, 11) is 0. The smallest absolute Gasteiger partial charge is 0.374 e. The molecule has 0 aromatic carbocycles. The summed E-state index contributed by atoms with van der Waals surface area (Å²) in [5.74, 6) is -0.236. The summed E-state index contributed by atoms with van der Waals surface area (Å²) in [6.07, 6.45) is 0. The normalized spacial score (nSPS) is 11.0. The van der Waals surface area contributed by atoms with Crippen molar-refractivity contribution < 1.29 is 14.3 Å². The van der Waals surface area contributed by atoms with Gasteiger partial charge < -0.3 is 9.47 Å². The fourth-order valence-electron chi connectivity index (χ4n) is 0.493. The van der Waals surface area contributed by atoms with E-state index in [4.69, 9.17) is 4.74 Å². The first kappa shape index (κ1) is 10.5. The summed E-state index contributed by atoms with van der Waals surface area (Å²) in [5, 5.41) is 0. The van der Waals surface area contributed by atoms with Gasteiger partial charge in [-0.1, -0.05) is 15.9 Å². The molecule has 11 heavy (non-hydrogen) atoms. The third-order valence-corrected chi connectivity index (χ3v) is 1.29. The first-order chi connectivity index (χ1) is 5.26. The van der Waals surface area contributed by atoms with Crippen LogP contribution in [0.2, 0.25) is 0 Å². The third kappa shape index (κ3) is 4.03. The second-order valence-corrected chi connectivity index (χ2v) is 2.08. The third-order valence-electron chi connectivity index (χ3n) is 0.876. The van der Waals surface area contributed by atoms with Crippen molar-refractivity contribution in [2.45, 2.75) is 13.8 Å². The lowest BCUT2D eigenvalue weighted by Crippen LogP contribution is -2.09. The Morgan fingerprint density at radius 1 is 1.36 bits per heavy atom. The molecule has 0 atom stereocenters. The SMILES string of the molecule is CCOC(=O)/C(=C/Br)OCC. The number of hydrogen-bond acceptors (Lipinski definition) is 3. The van der Waals surface area contributed by atoms with Crippen molar-refractivity contribution >= 4 is 21.9 Å². The highest BCUT2D eigenvalue weighted by atomic mass is 79.9. The fraction of sp³-hybridized carbons (Fsp3) is 0.571. The Hall–Kier alpha value is -0.510. The molecule has 0 aromatic rings. The zero-order valence-electron chi connectivity index (χ0n) is 6.59. The van der Waals surface area contributed by atoms with E-state index in [0.29, 0.717) is 13.2 Å². The molecule has 4 heteroatoms. The number of hydrogen-bond donors (Lipinski definition) is 0. The minimum atomic E-state index is -0.439. The summed E-state index contributed by atoms with van der Waals surface area (Å²) < 4.78 is 9.63. The average Bonchev–Trinajstić information content (AvgIpc) is 2.00. The molecule has 0 N–H and O–H groups in total. The van der Waals surface area contributed by atoms with E-state index in [1.54, 1.807) is 13.8 Å². The van der Waals surface area contributed by atoms with Gasteiger partial charge >= 0.3 is 5.97 Å². The van der Waals surface area contributed by atoms with Gasteiger partial charge in [0, 0.05) is 4.99 Å². The maximum Gasteiger partial charge on any atom is 0.374 e. The van der Waals surface area contributed by atoms with Crippen molar-refractivity contribution in [3.8, 4) is 0 Å². The molecule has 0 aromatic heterocycles. The van der Waals surface area contributed by atoms with Gasteiger partial charge in [-0.3, -0.25) is 0 Å². The summed E-state index contributed by atoms with van der Waals surface area (Å²) in [4.78, 5) is 12.3. The number of halogens is 1. The topological polar surface area (TPSA) is 35.5 Å². The highest BCUT2D eigenvalue weighted by molar-refractivity contribution is 9.11. The monoisotopic (exact) mass is 222 g/mol. The molecule has 64 valence electrons. The van der Waals surface area contributed by atoms with Crippen LogP contribution in [0.4, 0.5) is 0 Å². The highest BCUT2D eigenvalue weighted by Crippen LogP contribution is 2.03. The molecule has 0 spiro atoms. The van der Waals surface area contributed by atoms with Crippen molar-refractivity contribution in [2.75, 3.05) is 13.2 Å². The molecule has 0 fully saturated rings. The van der Waals surface area contributed by atoms with E-state index < -0.39 is 5.97 Å². The van der Waals surface area contributed by atoms with Gasteiger partial charge in [-0.15, -0.1) is 0 Å². The lowest BCUT2D eigenvalue weighted by Gasteiger charge is -2.05. The van der Waals surface area contributed by atoms with E-state index in [-0.39, 0.29) is 5.76 Å². The zero-order valence-corrected chi connectivity index (χ0v) is 8.18. The Bertz CT molecular complexity index is 154. The van der Waals surface area contributed by atoms with Crippen LogP contribution in [-0.4, -0.2) is 19.2 Å². The quantitative estimate of drug-likeness (QED) is 0.414. The summed E-state index contributed by atoms with van der Waals surface area (Å²) in [6, 6.07) is 0. The standard InChI is InChI=1S/C7H11BrO3/c1-3-10-6(5-8)7(9)11-4-2/h5H,3-4H2,1-2H3/b6-5-. The average molecular weight is 223 g/mol. The molecular weight excluding hydrogens is 212 g/mol. The van der Waals surface area contributed by atoms with Crippen LogP contribution in [0.3, 0.4) is 0 Å². The van der Waals surface area contributed by atoms with Crippen LogP contribution in [0.1, 0.15) is 13.8 Å². The molecule has 0 bridgehead atoms. The van der Waals surface area contributed by atoms with Gasteiger partial charge in [-0.2, -0.15) is 0 Å². The number of rotatable bonds is 4. The Balaban J connectivity index is 3.94. The van der Waals surface area contributed by atoms with Gasteiger partial charge in [0.05, 0.1) is 13.2 Å². The molecule has 0 unspecified atom stereocenters. The number of carbonyl (C=O) groups is 1. The second kappa shape index (κ2) is 6.22. The minimum absolute atomic E-state index is 0.203. The van der Waals surface area contributed by atoms with Crippen molar-refractivity contribution in [3.63, 3.8) is 0 Å². The first-order valence-electron chi connectivity index (χ1n) is 3.36. The minimum Gasteiger partial charge on any atom is -0.486 e. The predicted octanol–water partition coefficient (Wildman–Crippen LogP) is 1.82. The van der Waals surface area contributed by atoms with Crippen molar-refractivity contribution in [1.29, 1.82) is 0 Å². The Morgan fingerprint density at radius 3 is 2.27 bits per heavy atom. The summed E-state index contributed by atoms with van der Waals surface area (Å²) in [6.45, 7) is 4.36. The molecule has 3 nitrogen and oxygen atoms in total. The van der Waals surface area contributed by atoms with Crippen LogP contribution < -0.4 is 0 Å². The van der Waals surface area contributed by atoms with Gasteiger partial charge in [0.25, 0.3) is 0 Å². The van der Waals surface area contributed by atoms with E-state index in [1.807, 2.05) is 0 Å². The molecule has 0 radical (unpaired) electrons. The molecule has 0 saturated carbocycles. The largest absolute Gasteiger partial charge is 0.486 e. The lowest BCUT2D eigenvalue weighted by molar-refractivity contribution is -0.142. The Labute approximate surface area is 74.5 Å². The number of ether oxygens (including phenoxy) is 2. The predicted molar refractivity (Wildman–Crippen MR) is 45.3 cm³/mol. The molecule has 0 heterocycles. The van der Waals surface area contributed by atoms with E-state index in [9.17, 15) is 4.79 Å². The maximum absolute atomic E-state index is 10.9. The van der Waals surface area contributed by atoms with Crippen molar-refractivity contribution in [1.82, 2.24) is 0 Å². The van der Waals surface area contributed by atoms with E-state index in [0.717, 1.165) is 0 Å². The van der Waals surface area contributed by atoms with Crippen LogP contribution in [0.25, 0.3) is 0 Å². The summed E-state index contributed by atoms with van der Waals surface area (Å²) in [5.41, 5.74) is 0. The van der Waals surface area contributed by atoms with Gasteiger partial charge in [0.1, 0.15) is 0 Å². The highest BCUT2D eigenvalue weighted by Gasteiger charge is 2.09. The number of esters is 1. The van der Waals surface area contributed by atoms with Crippen LogP contribution in [0, 0.1) is 0 Å². The van der Waals surface area contributed by atoms with Crippen LogP contribution in [0.15, 0.2) is 10.7 Å². The van der Waals surface area contributed by atoms with E-state index in [1.165, 1.54) is 4.99 Å². The molecule has 0 aliphatic heterocycles. The van der Waals surface area contributed by atoms with Gasteiger partial charge in [-0.05, 0) is 13.8 Å². The maximum atomic E-state index is 10.9. The van der Waals surface area contributed by atoms with Crippen molar-refractivity contribution in [3.05, 3.63) is 10.7 Å². The lowest BCUT2D eigenvalue weighted by atomic mass is 10.5. The Kier molecular flexibility index (Phi) is 5.93. The van der Waals surface area contributed by atoms with Crippen molar-refractivity contribution in [2.24, 2.45) is 0 Å².